The Morgan fingerprint density at radius 2 is 1.97 bits per heavy atom. The van der Waals surface area contributed by atoms with Crippen LogP contribution in [0.4, 0.5) is 8.78 Å². The average Bonchev–Trinajstić information content (AvgIpc) is 3.21. The fourth-order valence-electron chi connectivity index (χ4n) is 4.14. The van der Waals surface area contributed by atoms with E-state index in [1.54, 1.807) is 12.1 Å². The van der Waals surface area contributed by atoms with E-state index in [-0.39, 0.29) is 25.0 Å². The molecular formula is C22H26F2N4O3. The van der Waals surface area contributed by atoms with Crippen LogP contribution in [0.3, 0.4) is 0 Å². The van der Waals surface area contributed by atoms with Crippen LogP contribution in [0.5, 0.6) is 0 Å². The highest BCUT2D eigenvalue weighted by Crippen LogP contribution is 2.23. The molecule has 2 atom stereocenters. The Balaban J connectivity index is 1.30. The summed E-state index contributed by atoms with van der Waals surface area (Å²) in [6.45, 7) is 5.24. The molecular weight excluding hydrogens is 406 g/mol. The van der Waals surface area contributed by atoms with E-state index in [1.165, 1.54) is 16.7 Å². The van der Waals surface area contributed by atoms with Crippen LogP contribution in [0.1, 0.15) is 30.7 Å². The predicted octanol–water partition coefficient (Wildman–Crippen LogP) is 2.02. The first-order valence-electron chi connectivity index (χ1n) is 10.5. The lowest BCUT2D eigenvalue weighted by atomic mass is 10.0. The van der Waals surface area contributed by atoms with Crippen molar-refractivity contribution in [2.75, 3.05) is 13.1 Å². The SMILES string of the molecule is C=C1CC(OCc2ccc(F)cc2)CCN1C[C@@H](F)Cn1c(=O)nc2n(c1=O)CCC2. The van der Waals surface area contributed by atoms with Crippen molar-refractivity contribution in [1.29, 1.82) is 0 Å². The Kier molecular flexibility index (Phi) is 6.31. The van der Waals surface area contributed by atoms with E-state index < -0.39 is 17.6 Å². The van der Waals surface area contributed by atoms with Crippen molar-refractivity contribution < 1.29 is 13.5 Å². The van der Waals surface area contributed by atoms with Gasteiger partial charge in [-0.05, 0) is 30.5 Å². The minimum atomic E-state index is -1.40. The van der Waals surface area contributed by atoms with Gasteiger partial charge >= 0.3 is 11.4 Å². The van der Waals surface area contributed by atoms with Crippen molar-refractivity contribution in [3.05, 3.63) is 74.7 Å². The lowest BCUT2D eigenvalue weighted by Crippen LogP contribution is -2.46. The lowest BCUT2D eigenvalue weighted by molar-refractivity contribution is 0.00871. The zero-order valence-corrected chi connectivity index (χ0v) is 17.3. The summed E-state index contributed by atoms with van der Waals surface area (Å²) in [5, 5.41) is 0. The van der Waals surface area contributed by atoms with Gasteiger partial charge < -0.3 is 9.64 Å². The Morgan fingerprint density at radius 3 is 2.71 bits per heavy atom. The van der Waals surface area contributed by atoms with E-state index >= 15 is 0 Å². The molecule has 1 saturated heterocycles. The molecule has 1 aromatic heterocycles. The monoisotopic (exact) mass is 432 g/mol. The Bertz CT molecular complexity index is 1060. The molecule has 0 amide bonds. The third-order valence-electron chi connectivity index (χ3n) is 5.84. The Labute approximate surface area is 178 Å². The molecule has 0 N–H and O–H groups in total. The first-order valence-corrected chi connectivity index (χ1v) is 10.5. The number of rotatable bonds is 7. The van der Waals surface area contributed by atoms with Crippen molar-refractivity contribution >= 4 is 0 Å². The number of alkyl halides is 1. The van der Waals surface area contributed by atoms with Gasteiger partial charge in [0.15, 0.2) is 0 Å². The molecule has 0 aliphatic carbocycles. The summed E-state index contributed by atoms with van der Waals surface area (Å²) >= 11 is 0. The maximum atomic E-state index is 14.8. The highest BCUT2D eigenvalue weighted by Gasteiger charge is 2.26. The van der Waals surface area contributed by atoms with E-state index in [1.807, 2.05) is 4.90 Å². The minimum Gasteiger partial charge on any atom is -0.373 e. The average molecular weight is 432 g/mol. The maximum absolute atomic E-state index is 14.8. The second-order valence-electron chi connectivity index (χ2n) is 8.12. The quantitative estimate of drug-likeness (QED) is 0.670. The van der Waals surface area contributed by atoms with E-state index in [4.69, 9.17) is 4.74 Å². The van der Waals surface area contributed by atoms with Gasteiger partial charge in [0.05, 0.1) is 25.8 Å². The second kappa shape index (κ2) is 9.13. The molecule has 3 heterocycles. The molecule has 0 bridgehead atoms. The molecule has 0 spiro atoms. The van der Waals surface area contributed by atoms with E-state index in [0.29, 0.717) is 44.8 Å². The zero-order chi connectivity index (χ0) is 22.0. The van der Waals surface area contributed by atoms with E-state index in [0.717, 1.165) is 22.2 Å². The van der Waals surface area contributed by atoms with Gasteiger partial charge in [-0.1, -0.05) is 18.7 Å². The third kappa shape index (κ3) is 4.92. The van der Waals surface area contributed by atoms with Gasteiger partial charge in [0.1, 0.15) is 17.8 Å². The molecule has 0 saturated carbocycles. The van der Waals surface area contributed by atoms with Crippen molar-refractivity contribution in [2.45, 2.75) is 57.7 Å². The molecule has 2 aliphatic heterocycles. The zero-order valence-electron chi connectivity index (χ0n) is 17.3. The van der Waals surface area contributed by atoms with Gasteiger partial charge in [-0.15, -0.1) is 0 Å². The van der Waals surface area contributed by atoms with E-state index in [9.17, 15) is 18.4 Å². The normalized spacial score (nSPS) is 19.5. The highest BCUT2D eigenvalue weighted by molar-refractivity contribution is 5.15. The summed E-state index contributed by atoms with van der Waals surface area (Å²) < 4.78 is 36.0. The summed E-state index contributed by atoms with van der Waals surface area (Å²) in [6.07, 6.45) is 1.19. The molecule has 9 heteroatoms. The van der Waals surface area contributed by atoms with Gasteiger partial charge in [0, 0.05) is 31.6 Å². The second-order valence-corrected chi connectivity index (χ2v) is 8.12. The van der Waals surface area contributed by atoms with Crippen molar-refractivity contribution in [2.24, 2.45) is 0 Å². The van der Waals surface area contributed by atoms with Crippen LogP contribution in [0.25, 0.3) is 0 Å². The number of aromatic nitrogens is 3. The van der Waals surface area contributed by atoms with Crippen molar-refractivity contribution in [3.63, 3.8) is 0 Å². The Morgan fingerprint density at radius 1 is 1.19 bits per heavy atom. The molecule has 31 heavy (non-hydrogen) atoms. The van der Waals surface area contributed by atoms with Crippen LogP contribution in [0.15, 0.2) is 46.1 Å². The largest absolute Gasteiger partial charge is 0.373 e. The summed E-state index contributed by atoms with van der Waals surface area (Å²) in [6, 6.07) is 6.17. The molecule has 166 valence electrons. The Hall–Kier alpha value is -2.81. The molecule has 4 rings (SSSR count). The summed E-state index contributed by atoms with van der Waals surface area (Å²) in [7, 11) is 0. The van der Waals surface area contributed by atoms with Crippen LogP contribution in [-0.4, -0.2) is 44.4 Å². The number of nitrogens with zero attached hydrogens (tertiary/aromatic N) is 4. The minimum absolute atomic E-state index is 0.0416. The van der Waals surface area contributed by atoms with Crippen LogP contribution in [-0.2, 0) is 30.9 Å². The maximum Gasteiger partial charge on any atom is 0.353 e. The van der Waals surface area contributed by atoms with Crippen LogP contribution < -0.4 is 11.4 Å². The smallest absolute Gasteiger partial charge is 0.353 e. The van der Waals surface area contributed by atoms with Crippen molar-refractivity contribution in [3.8, 4) is 0 Å². The predicted molar refractivity (Wildman–Crippen MR) is 111 cm³/mol. The first-order chi connectivity index (χ1) is 14.9. The summed E-state index contributed by atoms with van der Waals surface area (Å²) in [5.41, 5.74) is 0.474. The number of halogens is 2. The number of piperidine rings is 1. The van der Waals surface area contributed by atoms with Crippen LogP contribution in [0.2, 0.25) is 0 Å². The van der Waals surface area contributed by atoms with Crippen molar-refractivity contribution in [1.82, 2.24) is 19.0 Å². The van der Waals surface area contributed by atoms with Gasteiger partial charge in [-0.25, -0.2) is 22.9 Å². The van der Waals surface area contributed by atoms with E-state index in [2.05, 4.69) is 11.6 Å². The van der Waals surface area contributed by atoms with Gasteiger partial charge in [-0.2, -0.15) is 4.98 Å². The molecule has 2 aliphatic rings. The fourth-order valence-corrected chi connectivity index (χ4v) is 4.14. The fraction of sp³-hybridized carbons (Fsp3) is 0.500. The molecule has 1 fully saturated rings. The van der Waals surface area contributed by atoms with Crippen LogP contribution >= 0.6 is 0 Å². The van der Waals surface area contributed by atoms with Crippen LogP contribution in [0, 0.1) is 5.82 Å². The molecule has 1 unspecified atom stereocenters. The number of aryl methyl sites for hydroxylation is 1. The number of hydrogen-bond acceptors (Lipinski definition) is 5. The number of ether oxygens (including phenoxy) is 1. The van der Waals surface area contributed by atoms with Gasteiger partial charge in [-0.3, -0.25) is 4.57 Å². The van der Waals surface area contributed by atoms with Gasteiger partial charge in [0.25, 0.3) is 0 Å². The number of hydrogen-bond donors (Lipinski definition) is 0. The molecule has 7 nitrogen and oxygen atoms in total. The summed E-state index contributed by atoms with van der Waals surface area (Å²) in [4.78, 5) is 30.4. The molecule has 0 radical (unpaired) electrons. The molecule has 2 aromatic rings. The topological polar surface area (TPSA) is 69.4 Å². The number of fused-ring (bicyclic) bond motifs is 1. The number of benzene rings is 1. The lowest BCUT2D eigenvalue weighted by Gasteiger charge is -2.36. The first kappa shape index (κ1) is 21.4. The number of likely N-dealkylation sites (tertiary alicyclic amines) is 1. The standard InChI is InChI=1S/C22H26F2N4O3/c1-15-11-19(31-14-16-4-6-17(23)7-5-16)8-10-26(15)12-18(24)13-28-21(29)25-20-3-2-9-27(20)22(28)30/h4-7,18-19H,1-3,8-14H2/t18-,19?/m1/s1. The third-order valence-corrected chi connectivity index (χ3v) is 5.84. The van der Waals surface area contributed by atoms with Gasteiger partial charge in [0.2, 0.25) is 0 Å². The highest BCUT2D eigenvalue weighted by atomic mass is 19.1. The summed E-state index contributed by atoms with van der Waals surface area (Å²) in [5.74, 6) is 0.199. The molecule has 1 aromatic carbocycles.